The molecule has 0 bridgehead atoms. The Hall–Kier alpha value is -2.41. The van der Waals surface area contributed by atoms with Gasteiger partial charge in [0.2, 0.25) is 5.91 Å². The van der Waals surface area contributed by atoms with Gasteiger partial charge >= 0.3 is 6.03 Å². The number of likely N-dealkylation sites (tertiary alicyclic amines) is 1. The van der Waals surface area contributed by atoms with Crippen LogP contribution < -0.4 is 10.6 Å². The molecule has 1 atom stereocenters. The highest BCUT2D eigenvalue weighted by Gasteiger charge is 2.28. The van der Waals surface area contributed by atoms with Crippen LogP contribution in [-0.4, -0.2) is 34.9 Å². The van der Waals surface area contributed by atoms with Crippen LogP contribution in [-0.2, 0) is 11.3 Å². The van der Waals surface area contributed by atoms with Crippen molar-refractivity contribution in [1.29, 1.82) is 0 Å². The topological polar surface area (TPSA) is 74.3 Å². The van der Waals surface area contributed by atoms with E-state index in [9.17, 15) is 9.59 Å². The average Bonchev–Trinajstić information content (AvgIpc) is 3.13. The molecule has 2 aromatic heterocycles. The number of amides is 3. The first kappa shape index (κ1) is 17.4. The molecule has 1 aliphatic rings. The summed E-state index contributed by atoms with van der Waals surface area (Å²) in [5.41, 5.74) is 0.857. The zero-order chi connectivity index (χ0) is 17.6. The number of hydrogen-bond donors (Lipinski definition) is 2. The smallest absolute Gasteiger partial charge is 0.317 e. The summed E-state index contributed by atoms with van der Waals surface area (Å²) in [4.78, 5) is 32.0. The minimum absolute atomic E-state index is 0.0751. The van der Waals surface area contributed by atoms with E-state index in [2.05, 4.69) is 15.6 Å². The van der Waals surface area contributed by atoms with Gasteiger partial charge in [0, 0.05) is 23.7 Å². The van der Waals surface area contributed by atoms with Gasteiger partial charge in [0.05, 0.1) is 12.5 Å². The predicted octanol–water partition coefficient (Wildman–Crippen LogP) is 3.01. The van der Waals surface area contributed by atoms with Crippen LogP contribution in [0.1, 0.15) is 23.4 Å². The lowest BCUT2D eigenvalue weighted by molar-refractivity contribution is -0.121. The zero-order valence-electron chi connectivity index (χ0n) is 14.2. The Bertz CT molecular complexity index is 732. The summed E-state index contributed by atoms with van der Waals surface area (Å²) < 4.78 is 0. The normalized spacial score (nSPS) is 17.2. The van der Waals surface area contributed by atoms with Gasteiger partial charge in [-0.05, 0) is 43.3 Å². The lowest BCUT2D eigenvalue weighted by Crippen LogP contribution is -2.47. The molecule has 0 aliphatic carbocycles. The van der Waals surface area contributed by atoms with Crippen molar-refractivity contribution in [3.63, 3.8) is 0 Å². The van der Waals surface area contributed by atoms with Gasteiger partial charge in [-0.25, -0.2) is 9.78 Å². The summed E-state index contributed by atoms with van der Waals surface area (Å²) in [5, 5.41) is 7.77. The Morgan fingerprint density at radius 2 is 2.20 bits per heavy atom. The Balaban J connectivity index is 1.53. The molecule has 1 aliphatic heterocycles. The first-order valence-electron chi connectivity index (χ1n) is 8.41. The lowest BCUT2D eigenvalue weighted by Gasteiger charge is -2.32. The van der Waals surface area contributed by atoms with Gasteiger partial charge in [-0.1, -0.05) is 12.1 Å². The predicted molar refractivity (Wildman–Crippen MR) is 98.5 cm³/mol. The number of anilines is 1. The number of rotatable bonds is 4. The van der Waals surface area contributed by atoms with Crippen molar-refractivity contribution in [3.8, 4) is 0 Å². The van der Waals surface area contributed by atoms with Crippen molar-refractivity contribution in [2.24, 2.45) is 5.92 Å². The summed E-state index contributed by atoms with van der Waals surface area (Å²) in [6.07, 6.45) is 1.61. The Morgan fingerprint density at radius 3 is 2.96 bits per heavy atom. The van der Waals surface area contributed by atoms with E-state index >= 15 is 0 Å². The van der Waals surface area contributed by atoms with Gasteiger partial charge in [0.1, 0.15) is 5.82 Å². The maximum Gasteiger partial charge on any atom is 0.317 e. The number of aryl methyl sites for hydroxylation is 1. The number of piperidine rings is 1. The highest BCUT2D eigenvalue weighted by Crippen LogP contribution is 2.19. The quantitative estimate of drug-likeness (QED) is 0.882. The molecule has 3 amide bonds. The largest absolute Gasteiger partial charge is 0.333 e. The number of carbonyl (C=O) groups is 2. The van der Waals surface area contributed by atoms with E-state index < -0.39 is 0 Å². The number of carbonyl (C=O) groups excluding carboxylic acids is 2. The summed E-state index contributed by atoms with van der Waals surface area (Å²) in [5.74, 6) is 0.279. The molecule has 2 N–H and O–H groups in total. The van der Waals surface area contributed by atoms with Crippen molar-refractivity contribution in [2.75, 3.05) is 18.4 Å². The third-order valence-electron chi connectivity index (χ3n) is 4.21. The number of nitrogens with one attached hydrogen (secondary N) is 2. The molecule has 1 unspecified atom stereocenters. The van der Waals surface area contributed by atoms with Gasteiger partial charge in [-0.15, -0.1) is 11.3 Å². The molecule has 6 nitrogen and oxygen atoms in total. The molecule has 0 aromatic carbocycles. The Labute approximate surface area is 151 Å². The first-order valence-corrected chi connectivity index (χ1v) is 9.29. The molecule has 3 rings (SSSR count). The van der Waals surface area contributed by atoms with E-state index in [4.69, 9.17) is 0 Å². The van der Waals surface area contributed by atoms with Crippen LogP contribution in [0.15, 0.2) is 35.7 Å². The number of thiophene rings is 1. The Morgan fingerprint density at radius 1 is 1.32 bits per heavy atom. The molecule has 0 radical (unpaired) electrons. The standard InChI is InChI=1S/C18H22N4O2S/c1-13-5-2-8-16(20-13)21-17(23)14-6-3-9-22(12-14)18(24)19-11-15-7-4-10-25-15/h2,4-5,7-8,10,14H,3,6,9,11-12H2,1H3,(H,19,24)(H,20,21,23). The second-order valence-corrected chi connectivity index (χ2v) is 7.21. The number of hydrogen-bond acceptors (Lipinski definition) is 4. The van der Waals surface area contributed by atoms with Gasteiger partial charge < -0.3 is 15.5 Å². The third kappa shape index (κ3) is 4.79. The molecular weight excluding hydrogens is 336 g/mol. The third-order valence-corrected chi connectivity index (χ3v) is 5.09. The van der Waals surface area contributed by atoms with Crippen LogP contribution in [0.2, 0.25) is 0 Å². The highest BCUT2D eigenvalue weighted by atomic mass is 32.1. The molecule has 0 saturated carbocycles. The molecule has 1 saturated heterocycles. The van der Waals surface area contributed by atoms with Crippen LogP contribution in [0, 0.1) is 12.8 Å². The number of aromatic nitrogens is 1. The second kappa shape index (κ2) is 8.11. The van der Waals surface area contributed by atoms with Crippen LogP contribution in [0.5, 0.6) is 0 Å². The molecule has 132 valence electrons. The maximum atomic E-state index is 12.5. The van der Waals surface area contributed by atoms with E-state index in [0.29, 0.717) is 25.5 Å². The van der Waals surface area contributed by atoms with Crippen molar-refractivity contribution >= 4 is 29.1 Å². The van der Waals surface area contributed by atoms with Gasteiger partial charge in [0.15, 0.2) is 0 Å². The van der Waals surface area contributed by atoms with E-state index in [0.717, 1.165) is 23.4 Å². The van der Waals surface area contributed by atoms with Crippen LogP contribution >= 0.6 is 11.3 Å². The minimum Gasteiger partial charge on any atom is -0.333 e. The maximum absolute atomic E-state index is 12.5. The number of nitrogens with zero attached hydrogens (tertiary/aromatic N) is 2. The SMILES string of the molecule is Cc1cccc(NC(=O)C2CCCN(C(=O)NCc3cccs3)C2)n1. The fraction of sp³-hybridized carbons (Fsp3) is 0.389. The van der Waals surface area contributed by atoms with Crippen molar-refractivity contribution in [1.82, 2.24) is 15.2 Å². The molecule has 0 spiro atoms. The zero-order valence-corrected chi connectivity index (χ0v) is 15.0. The van der Waals surface area contributed by atoms with Crippen molar-refractivity contribution in [2.45, 2.75) is 26.3 Å². The van der Waals surface area contributed by atoms with Crippen LogP contribution in [0.4, 0.5) is 10.6 Å². The van der Waals surface area contributed by atoms with Gasteiger partial charge in [-0.3, -0.25) is 4.79 Å². The summed E-state index contributed by atoms with van der Waals surface area (Å²) in [6, 6.07) is 9.37. The summed E-state index contributed by atoms with van der Waals surface area (Å²) >= 11 is 1.62. The monoisotopic (exact) mass is 358 g/mol. The van der Waals surface area contributed by atoms with E-state index in [1.807, 2.05) is 36.6 Å². The number of urea groups is 1. The molecule has 7 heteroatoms. The number of pyridine rings is 1. The van der Waals surface area contributed by atoms with Crippen molar-refractivity contribution in [3.05, 3.63) is 46.3 Å². The molecule has 2 aromatic rings. The average molecular weight is 358 g/mol. The summed E-state index contributed by atoms with van der Waals surface area (Å²) in [6.45, 7) is 3.53. The summed E-state index contributed by atoms with van der Waals surface area (Å²) in [7, 11) is 0. The van der Waals surface area contributed by atoms with E-state index in [-0.39, 0.29) is 17.9 Å². The molecule has 25 heavy (non-hydrogen) atoms. The van der Waals surface area contributed by atoms with E-state index in [1.54, 1.807) is 22.3 Å². The molecular formula is C18H22N4O2S. The molecule has 1 fully saturated rings. The van der Waals surface area contributed by atoms with E-state index in [1.165, 1.54) is 0 Å². The fourth-order valence-electron chi connectivity index (χ4n) is 2.90. The molecule has 3 heterocycles. The second-order valence-electron chi connectivity index (χ2n) is 6.18. The highest BCUT2D eigenvalue weighted by molar-refractivity contribution is 7.09. The first-order chi connectivity index (χ1) is 12.1. The van der Waals surface area contributed by atoms with Gasteiger partial charge in [0.25, 0.3) is 0 Å². The van der Waals surface area contributed by atoms with Crippen molar-refractivity contribution < 1.29 is 9.59 Å². The van der Waals surface area contributed by atoms with Crippen LogP contribution in [0.25, 0.3) is 0 Å². The fourth-order valence-corrected chi connectivity index (χ4v) is 3.55. The lowest BCUT2D eigenvalue weighted by atomic mass is 9.97. The van der Waals surface area contributed by atoms with Crippen LogP contribution in [0.3, 0.4) is 0 Å². The minimum atomic E-state index is -0.205. The Kier molecular flexibility index (Phi) is 5.65. The van der Waals surface area contributed by atoms with Gasteiger partial charge in [-0.2, -0.15) is 0 Å².